The van der Waals surface area contributed by atoms with Gasteiger partial charge in [0.25, 0.3) is 0 Å². The van der Waals surface area contributed by atoms with Crippen molar-refractivity contribution in [2.24, 2.45) is 0 Å². The molecule has 0 N–H and O–H groups in total. The van der Waals surface area contributed by atoms with Crippen molar-refractivity contribution in [2.45, 2.75) is 19.8 Å². The summed E-state index contributed by atoms with van der Waals surface area (Å²) in [5, 5.41) is -0.514. The molecule has 0 aliphatic heterocycles. The van der Waals surface area contributed by atoms with Gasteiger partial charge >= 0.3 is 5.97 Å². The molecule has 0 saturated heterocycles. The van der Waals surface area contributed by atoms with Crippen LogP contribution in [0.5, 0.6) is 5.75 Å². The minimum absolute atomic E-state index is 0.158. The Hall–Kier alpha value is -1.16. The molecule has 1 aromatic carbocycles. The van der Waals surface area contributed by atoms with Crippen molar-refractivity contribution in [1.29, 1.82) is 0 Å². The number of esters is 1. The van der Waals surface area contributed by atoms with Crippen molar-refractivity contribution in [3.63, 3.8) is 0 Å². The Labute approximate surface area is 90.8 Å². The van der Waals surface area contributed by atoms with Crippen LogP contribution in [0.15, 0.2) is 12.1 Å². The van der Waals surface area contributed by atoms with Gasteiger partial charge in [0.1, 0.15) is 5.02 Å². The summed E-state index contributed by atoms with van der Waals surface area (Å²) in [4.78, 5) is 11.1. The predicted octanol–water partition coefficient (Wildman–Crippen LogP) is 3.32. The predicted molar refractivity (Wildman–Crippen MR) is 51.9 cm³/mol. The zero-order chi connectivity index (χ0) is 11.4. The second kappa shape index (κ2) is 5.07. The highest BCUT2D eigenvalue weighted by atomic mass is 35.5. The van der Waals surface area contributed by atoms with Gasteiger partial charge < -0.3 is 4.74 Å². The Morgan fingerprint density at radius 3 is 2.73 bits per heavy atom. The lowest BCUT2D eigenvalue weighted by Gasteiger charge is -2.06. The maximum atomic E-state index is 12.9. The Kier molecular flexibility index (Phi) is 4.03. The SMILES string of the molecule is CCCC(=O)Oc1ccc(F)c(F)c1Cl. The van der Waals surface area contributed by atoms with Gasteiger partial charge in [-0.25, -0.2) is 8.78 Å². The number of halogens is 3. The smallest absolute Gasteiger partial charge is 0.311 e. The highest BCUT2D eigenvalue weighted by Gasteiger charge is 2.14. The monoisotopic (exact) mass is 234 g/mol. The lowest BCUT2D eigenvalue weighted by Crippen LogP contribution is -2.07. The van der Waals surface area contributed by atoms with E-state index >= 15 is 0 Å². The molecule has 0 spiro atoms. The third kappa shape index (κ3) is 2.89. The highest BCUT2D eigenvalue weighted by molar-refractivity contribution is 6.32. The molecule has 2 nitrogen and oxygen atoms in total. The summed E-state index contributed by atoms with van der Waals surface area (Å²) in [5.74, 6) is -2.96. The molecule has 0 aromatic heterocycles. The average molecular weight is 235 g/mol. The van der Waals surface area contributed by atoms with E-state index in [0.717, 1.165) is 12.1 Å². The molecule has 0 heterocycles. The molecule has 0 amide bonds. The van der Waals surface area contributed by atoms with Gasteiger partial charge in [0.2, 0.25) is 0 Å². The van der Waals surface area contributed by atoms with Gasteiger partial charge in [-0.15, -0.1) is 0 Å². The largest absolute Gasteiger partial charge is 0.425 e. The number of carbonyl (C=O) groups is 1. The summed E-state index contributed by atoms with van der Waals surface area (Å²) in [7, 11) is 0. The third-order valence-corrected chi connectivity index (χ3v) is 2.03. The van der Waals surface area contributed by atoms with E-state index in [1.54, 1.807) is 6.92 Å². The highest BCUT2D eigenvalue weighted by Crippen LogP contribution is 2.29. The van der Waals surface area contributed by atoms with Gasteiger partial charge in [-0.3, -0.25) is 4.79 Å². The minimum Gasteiger partial charge on any atom is -0.425 e. The van der Waals surface area contributed by atoms with Gasteiger partial charge in [-0.05, 0) is 18.6 Å². The Morgan fingerprint density at radius 1 is 1.47 bits per heavy atom. The Balaban J connectivity index is 2.87. The van der Waals surface area contributed by atoms with E-state index in [0.29, 0.717) is 6.42 Å². The van der Waals surface area contributed by atoms with Gasteiger partial charge in [0, 0.05) is 6.42 Å². The van der Waals surface area contributed by atoms with Crippen LogP contribution in [0.3, 0.4) is 0 Å². The fourth-order valence-corrected chi connectivity index (χ4v) is 1.16. The molecule has 0 saturated carbocycles. The zero-order valence-electron chi connectivity index (χ0n) is 8.02. The molecule has 0 bridgehead atoms. The number of benzene rings is 1. The van der Waals surface area contributed by atoms with Crippen molar-refractivity contribution < 1.29 is 18.3 Å². The number of hydrogen-bond acceptors (Lipinski definition) is 2. The Morgan fingerprint density at radius 2 is 2.13 bits per heavy atom. The molecule has 0 aliphatic rings. The first kappa shape index (κ1) is 11.9. The fourth-order valence-electron chi connectivity index (χ4n) is 0.965. The first-order valence-electron chi connectivity index (χ1n) is 4.40. The van der Waals surface area contributed by atoms with Crippen molar-refractivity contribution >= 4 is 17.6 Å². The number of hydrogen-bond donors (Lipinski definition) is 0. The number of ether oxygens (including phenoxy) is 1. The molecule has 5 heteroatoms. The molecule has 82 valence electrons. The van der Waals surface area contributed by atoms with E-state index < -0.39 is 22.6 Å². The van der Waals surface area contributed by atoms with Crippen LogP contribution in [0, 0.1) is 11.6 Å². The lowest BCUT2D eigenvalue weighted by molar-refractivity contribution is -0.134. The summed E-state index contributed by atoms with van der Waals surface area (Å²) in [6.45, 7) is 1.80. The molecule has 0 unspecified atom stereocenters. The molecular formula is C10H9ClF2O2. The quantitative estimate of drug-likeness (QED) is 0.456. The number of carbonyl (C=O) groups excluding carboxylic acids is 1. The zero-order valence-corrected chi connectivity index (χ0v) is 8.78. The van der Waals surface area contributed by atoms with Crippen LogP contribution in [0.1, 0.15) is 19.8 Å². The van der Waals surface area contributed by atoms with E-state index in [2.05, 4.69) is 0 Å². The van der Waals surface area contributed by atoms with E-state index in [-0.39, 0.29) is 12.2 Å². The molecule has 0 aliphatic carbocycles. The molecule has 1 aromatic rings. The second-order valence-electron chi connectivity index (χ2n) is 2.90. The van der Waals surface area contributed by atoms with Crippen LogP contribution in [-0.4, -0.2) is 5.97 Å². The van der Waals surface area contributed by atoms with Gasteiger partial charge in [-0.1, -0.05) is 18.5 Å². The fraction of sp³-hybridized carbons (Fsp3) is 0.300. The van der Waals surface area contributed by atoms with Crippen LogP contribution in [0.4, 0.5) is 8.78 Å². The molecule has 0 atom stereocenters. The molecule has 0 fully saturated rings. The normalized spacial score (nSPS) is 10.1. The van der Waals surface area contributed by atoms with E-state index in [9.17, 15) is 13.6 Å². The van der Waals surface area contributed by atoms with Crippen LogP contribution in [0.25, 0.3) is 0 Å². The van der Waals surface area contributed by atoms with Crippen molar-refractivity contribution in [3.8, 4) is 5.75 Å². The summed E-state index contributed by atoms with van der Waals surface area (Å²) in [5.41, 5.74) is 0. The number of rotatable bonds is 3. The van der Waals surface area contributed by atoms with E-state index in [1.807, 2.05) is 0 Å². The van der Waals surface area contributed by atoms with Crippen LogP contribution in [0.2, 0.25) is 5.02 Å². The van der Waals surface area contributed by atoms with Crippen molar-refractivity contribution in [3.05, 3.63) is 28.8 Å². The van der Waals surface area contributed by atoms with E-state index in [1.165, 1.54) is 0 Å². The van der Waals surface area contributed by atoms with E-state index in [4.69, 9.17) is 16.3 Å². The molecule has 0 radical (unpaired) electrons. The van der Waals surface area contributed by atoms with Crippen molar-refractivity contribution in [1.82, 2.24) is 0 Å². The summed E-state index contributed by atoms with van der Waals surface area (Å²) in [6.07, 6.45) is 0.815. The standard InChI is InChI=1S/C10H9ClF2O2/c1-2-3-8(14)15-7-5-4-6(12)10(13)9(7)11/h4-5H,2-3H2,1H3. The van der Waals surface area contributed by atoms with Gasteiger partial charge in [0.15, 0.2) is 17.4 Å². The molecule has 1 rings (SSSR count). The molecule has 15 heavy (non-hydrogen) atoms. The molecular weight excluding hydrogens is 226 g/mol. The summed E-state index contributed by atoms with van der Waals surface area (Å²) >= 11 is 5.45. The average Bonchev–Trinajstić information content (AvgIpc) is 2.20. The first-order valence-corrected chi connectivity index (χ1v) is 4.78. The first-order chi connectivity index (χ1) is 7.06. The van der Waals surface area contributed by atoms with Gasteiger partial charge in [-0.2, -0.15) is 0 Å². The second-order valence-corrected chi connectivity index (χ2v) is 3.28. The van der Waals surface area contributed by atoms with Crippen LogP contribution in [-0.2, 0) is 4.79 Å². The minimum atomic E-state index is -1.21. The third-order valence-electron chi connectivity index (χ3n) is 1.68. The van der Waals surface area contributed by atoms with Gasteiger partial charge in [0.05, 0.1) is 0 Å². The van der Waals surface area contributed by atoms with Crippen LogP contribution < -0.4 is 4.74 Å². The lowest BCUT2D eigenvalue weighted by atomic mass is 10.3. The maximum absolute atomic E-state index is 12.9. The summed E-state index contributed by atoms with van der Waals surface area (Å²) < 4.78 is 30.3. The topological polar surface area (TPSA) is 26.3 Å². The van der Waals surface area contributed by atoms with Crippen LogP contribution >= 0.6 is 11.6 Å². The maximum Gasteiger partial charge on any atom is 0.311 e. The van der Waals surface area contributed by atoms with Crippen molar-refractivity contribution in [2.75, 3.05) is 0 Å². The Bertz CT molecular complexity index is 380. The summed E-state index contributed by atoms with van der Waals surface area (Å²) in [6, 6.07) is 1.98.